The van der Waals surface area contributed by atoms with E-state index in [4.69, 9.17) is 33.3 Å². The number of rotatable bonds is 8. The Kier molecular flexibility index (Phi) is 8.34. The zero-order valence-corrected chi connectivity index (χ0v) is 12.1. The molecule has 0 fully saturated rings. The minimum atomic E-state index is -1.31. The topological polar surface area (TPSA) is 96.3 Å². The normalized spacial score (nSPS) is 12.1. The monoisotopic (exact) mass is 310 g/mol. The fraction of sp³-hybridized carbons (Fsp3) is 0.636. The fourth-order valence-electron chi connectivity index (χ4n) is 1.16. The highest BCUT2D eigenvalue weighted by atomic mass is 35.5. The van der Waals surface area contributed by atoms with Gasteiger partial charge in [-0.25, -0.2) is 4.79 Å². The number of Topliss-reactive ketones (excluding diaryl/α,β-unsaturated/α-hetero) is 1. The van der Waals surface area contributed by atoms with Crippen molar-refractivity contribution >= 4 is 47.1 Å². The van der Waals surface area contributed by atoms with E-state index < -0.39 is 28.5 Å². The molecule has 0 rings (SSSR count). The van der Waals surface area contributed by atoms with Crippen LogP contribution in [0, 0.1) is 5.41 Å². The van der Waals surface area contributed by atoms with Crippen molar-refractivity contribution in [2.24, 2.45) is 0 Å². The van der Waals surface area contributed by atoms with E-state index in [0.29, 0.717) is 6.21 Å². The van der Waals surface area contributed by atoms with Crippen LogP contribution in [0.4, 0.5) is 0 Å². The molecule has 0 heterocycles. The Morgan fingerprint density at radius 1 is 1.32 bits per heavy atom. The van der Waals surface area contributed by atoms with E-state index in [2.05, 4.69) is 5.32 Å². The summed E-state index contributed by atoms with van der Waals surface area (Å²) in [5.74, 6) is -1.86. The summed E-state index contributed by atoms with van der Waals surface area (Å²) in [6.07, 6.45) is 0.259. The zero-order chi connectivity index (χ0) is 15.0. The average Bonchev–Trinajstić information content (AvgIpc) is 2.32. The molecule has 0 radical (unpaired) electrons. The molecule has 0 bridgehead atoms. The number of amides is 1. The molecular formula is C11H16Cl2N2O4. The number of ether oxygens (including phenoxy) is 1. The van der Waals surface area contributed by atoms with Crippen LogP contribution in [0.25, 0.3) is 0 Å². The molecule has 108 valence electrons. The molecule has 0 saturated carbocycles. The second-order valence-corrected chi connectivity index (χ2v) is 5.09. The SMILES string of the molecule is CC(C)OC(=O)[C@H](CCC(=O)C=N)NC(=O)C(Cl)Cl. The Morgan fingerprint density at radius 3 is 2.32 bits per heavy atom. The highest BCUT2D eigenvalue weighted by molar-refractivity contribution is 6.53. The maximum Gasteiger partial charge on any atom is 0.328 e. The van der Waals surface area contributed by atoms with Crippen LogP contribution in [0.3, 0.4) is 0 Å². The van der Waals surface area contributed by atoms with Gasteiger partial charge in [0.05, 0.1) is 12.3 Å². The lowest BCUT2D eigenvalue weighted by molar-refractivity contribution is -0.151. The number of hydrogen-bond acceptors (Lipinski definition) is 5. The van der Waals surface area contributed by atoms with Crippen molar-refractivity contribution in [3.8, 4) is 0 Å². The molecule has 0 aromatic heterocycles. The predicted molar refractivity (Wildman–Crippen MR) is 71.7 cm³/mol. The van der Waals surface area contributed by atoms with Gasteiger partial charge in [-0.1, -0.05) is 23.2 Å². The predicted octanol–water partition coefficient (Wildman–Crippen LogP) is 1.23. The lowest BCUT2D eigenvalue weighted by atomic mass is 10.1. The lowest BCUT2D eigenvalue weighted by Crippen LogP contribution is -2.44. The lowest BCUT2D eigenvalue weighted by Gasteiger charge is -2.18. The molecule has 8 heteroatoms. The molecule has 0 aliphatic carbocycles. The third-order valence-electron chi connectivity index (χ3n) is 1.99. The van der Waals surface area contributed by atoms with E-state index in [1.54, 1.807) is 13.8 Å². The van der Waals surface area contributed by atoms with Crippen LogP contribution in [-0.2, 0) is 19.1 Å². The van der Waals surface area contributed by atoms with Crippen molar-refractivity contribution in [2.75, 3.05) is 0 Å². The van der Waals surface area contributed by atoms with Crippen molar-refractivity contribution in [3.63, 3.8) is 0 Å². The van der Waals surface area contributed by atoms with Gasteiger partial charge in [-0.05, 0) is 20.3 Å². The van der Waals surface area contributed by atoms with E-state index in [-0.39, 0.29) is 18.9 Å². The summed E-state index contributed by atoms with van der Waals surface area (Å²) in [6, 6.07) is -1.02. The Morgan fingerprint density at radius 2 is 1.89 bits per heavy atom. The van der Waals surface area contributed by atoms with Crippen LogP contribution >= 0.6 is 23.2 Å². The summed E-state index contributed by atoms with van der Waals surface area (Å²) >= 11 is 10.7. The molecule has 1 atom stereocenters. The Balaban J connectivity index is 4.62. The molecule has 19 heavy (non-hydrogen) atoms. The van der Waals surface area contributed by atoms with E-state index in [1.165, 1.54) is 0 Å². The van der Waals surface area contributed by atoms with E-state index in [1.807, 2.05) is 0 Å². The third kappa shape index (κ3) is 7.79. The van der Waals surface area contributed by atoms with Gasteiger partial charge >= 0.3 is 5.97 Å². The van der Waals surface area contributed by atoms with Gasteiger partial charge in [-0.15, -0.1) is 0 Å². The number of hydrogen-bond donors (Lipinski definition) is 2. The molecule has 0 aromatic rings. The zero-order valence-electron chi connectivity index (χ0n) is 10.6. The van der Waals surface area contributed by atoms with Crippen LogP contribution < -0.4 is 5.32 Å². The average molecular weight is 311 g/mol. The summed E-state index contributed by atoms with van der Waals surface area (Å²) in [5, 5.41) is 9.06. The van der Waals surface area contributed by atoms with Crippen molar-refractivity contribution in [1.29, 1.82) is 5.41 Å². The number of carbonyl (C=O) groups excluding carboxylic acids is 3. The summed E-state index contributed by atoms with van der Waals surface area (Å²) in [6.45, 7) is 3.32. The van der Waals surface area contributed by atoms with Crippen LogP contribution in [0.2, 0.25) is 0 Å². The number of nitrogens with one attached hydrogen (secondary N) is 2. The van der Waals surface area contributed by atoms with Crippen LogP contribution in [0.15, 0.2) is 0 Å². The van der Waals surface area contributed by atoms with Gasteiger partial charge in [0.15, 0.2) is 10.6 Å². The van der Waals surface area contributed by atoms with Gasteiger partial charge in [-0.3, -0.25) is 9.59 Å². The first kappa shape index (κ1) is 17.9. The molecule has 2 N–H and O–H groups in total. The van der Waals surface area contributed by atoms with Gasteiger partial charge < -0.3 is 15.5 Å². The maximum absolute atomic E-state index is 11.7. The Bertz CT molecular complexity index is 359. The molecule has 0 aromatic carbocycles. The van der Waals surface area contributed by atoms with Crippen LogP contribution in [-0.4, -0.2) is 40.9 Å². The summed E-state index contributed by atoms with van der Waals surface area (Å²) < 4.78 is 4.95. The van der Waals surface area contributed by atoms with E-state index in [0.717, 1.165) is 0 Å². The summed E-state index contributed by atoms with van der Waals surface area (Å²) in [5.41, 5.74) is 0. The van der Waals surface area contributed by atoms with Gasteiger partial charge in [0.1, 0.15) is 6.04 Å². The molecule has 0 saturated heterocycles. The van der Waals surface area contributed by atoms with E-state index >= 15 is 0 Å². The number of alkyl halides is 2. The number of halogens is 2. The van der Waals surface area contributed by atoms with Gasteiger partial charge in [0.25, 0.3) is 5.91 Å². The van der Waals surface area contributed by atoms with Crippen molar-refractivity contribution < 1.29 is 19.1 Å². The molecule has 0 aliphatic heterocycles. The maximum atomic E-state index is 11.7. The van der Waals surface area contributed by atoms with Gasteiger partial charge in [0.2, 0.25) is 0 Å². The quantitative estimate of drug-likeness (QED) is 0.400. The minimum Gasteiger partial charge on any atom is -0.461 e. The molecule has 0 spiro atoms. The van der Waals surface area contributed by atoms with Crippen molar-refractivity contribution in [2.45, 2.75) is 43.7 Å². The number of esters is 1. The first-order valence-electron chi connectivity index (χ1n) is 5.60. The van der Waals surface area contributed by atoms with Crippen molar-refractivity contribution in [1.82, 2.24) is 5.32 Å². The smallest absolute Gasteiger partial charge is 0.328 e. The highest BCUT2D eigenvalue weighted by Crippen LogP contribution is 2.07. The fourth-order valence-corrected chi connectivity index (χ4v) is 1.28. The second kappa shape index (κ2) is 8.87. The summed E-state index contributed by atoms with van der Waals surface area (Å²) in [4.78, 5) is 32.8. The standard InChI is InChI=1S/C11H16Cl2N2O4/c1-6(2)19-11(18)8(4-3-7(16)5-14)15-10(17)9(12)13/h5-6,8-9,14H,3-4H2,1-2H3,(H,15,17)/t8-/m0/s1. The first-order chi connectivity index (χ1) is 8.77. The largest absolute Gasteiger partial charge is 0.461 e. The second-order valence-electron chi connectivity index (χ2n) is 4.00. The van der Waals surface area contributed by atoms with Gasteiger partial charge in [-0.2, -0.15) is 0 Å². The van der Waals surface area contributed by atoms with Gasteiger partial charge in [0, 0.05) is 6.42 Å². The Labute approximate surface area is 121 Å². The number of carbonyl (C=O) groups is 3. The third-order valence-corrected chi connectivity index (χ3v) is 2.39. The highest BCUT2D eigenvalue weighted by Gasteiger charge is 2.25. The van der Waals surface area contributed by atoms with Crippen molar-refractivity contribution in [3.05, 3.63) is 0 Å². The molecule has 1 amide bonds. The molecule has 6 nitrogen and oxygen atoms in total. The van der Waals surface area contributed by atoms with E-state index in [9.17, 15) is 14.4 Å². The minimum absolute atomic E-state index is 0.0198. The van der Waals surface area contributed by atoms with Crippen LogP contribution in [0.1, 0.15) is 26.7 Å². The molecule has 0 aliphatic rings. The van der Waals surface area contributed by atoms with Crippen LogP contribution in [0.5, 0.6) is 0 Å². The number of ketones is 1. The summed E-state index contributed by atoms with van der Waals surface area (Å²) in [7, 11) is 0. The first-order valence-corrected chi connectivity index (χ1v) is 6.47. The Hall–Kier alpha value is -1.14. The molecule has 0 unspecified atom stereocenters. The molecular weight excluding hydrogens is 295 g/mol.